The van der Waals surface area contributed by atoms with Gasteiger partial charge in [0.05, 0.1) is 5.56 Å². The Balaban J connectivity index is 1.79. The van der Waals surface area contributed by atoms with Crippen LogP contribution in [0.5, 0.6) is 5.75 Å². The first-order valence-corrected chi connectivity index (χ1v) is 6.90. The van der Waals surface area contributed by atoms with Crippen LogP contribution in [0.1, 0.15) is 10.4 Å². The molecule has 0 aliphatic heterocycles. The van der Waals surface area contributed by atoms with Crippen LogP contribution in [0.4, 0.5) is 5.69 Å². The van der Waals surface area contributed by atoms with Crippen molar-refractivity contribution < 1.29 is 14.6 Å². The molecule has 0 heterocycles. The zero-order valence-corrected chi connectivity index (χ0v) is 12.3. The van der Waals surface area contributed by atoms with Crippen molar-refractivity contribution in [2.45, 2.75) is 0 Å². The summed E-state index contributed by atoms with van der Waals surface area (Å²) in [4.78, 5) is 10.7. The summed E-state index contributed by atoms with van der Waals surface area (Å²) in [5, 5.41) is 12.0. The minimum atomic E-state index is -0.938. The number of hydrogen-bond donors (Lipinski definition) is 2. The van der Waals surface area contributed by atoms with Gasteiger partial charge in [-0.2, -0.15) is 0 Å². The summed E-state index contributed by atoms with van der Waals surface area (Å²) >= 11 is 3.46. The molecule has 0 bridgehead atoms. The maximum Gasteiger partial charge on any atom is 0.335 e. The molecule has 0 fully saturated rings. The molecule has 0 unspecified atom stereocenters. The van der Waals surface area contributed by atoms with E-state index in [0.29, 0.717) is 18.9 Å². The second-order valence-corrected chi connectivity index (χ2v) is 4.94. The third kappa shape index (κ3) is 3.99. The highest BCUT2D eigenvalue weighted by Crippen LogP contribution is 2.20. The van der Waals surface area contributed by atoms with E-state index in [9.17, 15) is 4.79 Å². The van der Waals surface area contributed by atoms with Gasteiger partial charge in [0.2, 0.25) is 0 Å². The number of halogens is 1. The van der Waals surface area contributed by atoms with E-state index in [2.05, 4.69) is 21.2 Å². The molecule has 0 amide bonds. The number of hydrogen-bond acceptors (Lipinski definition) is 3. The minimum absolute atomic E-state index is 0.253. The smallest absolute Gasteiger partial charge is 0.335 e. The average Bonchev–Trinajstić information content (AvgIpc) is 2.46. The van der Waals surface area contributed by atoms with Crippen molar-refractivity contribution >= 4 is 27.6 Å². The lowest BCUT2D eigenvalue weighted by Gasteiger charge is -2.10. The number of para-hydroxylation sites is 1. The fourth-order valence-electron chi connectivity index (χ4n) is 1.65. The minimum Gasteiger partial charge on any atom is -0.492 e. The molecule has 2 N–H and O–H groups in total. The van der Waals surface area contributed by atoms with Gasteiger partial charge in [-0.1, -0.05) is 12.1 Å². The van der Waals surface area contributed by atoms with Gasteiger partial charge in [0.25, 0.3) is 0 Å². The number of ether oxygens (including phenoxy) is 1. The van der Waals surface area contributed by atoms with E-state index < -0.39 is 5.97 Å². The highest BCUT2D eigenvalue weighted by molar-refractivity contribution is 9.10. The number of aromatic carboxylic acids is 1. The zero-order chi connectivity index (χ0) is 14.4. The summed E-state index contributed by atoms with van der Waals surface area (Å²) < 4.78 is 6.54. The monoisotopic (exact) mass is 335 g/mol. The Kier molecular flexibility index (Phi) is 5.01. The van der Waals surface area contributed by atoms with Gasteiger partial charge in [-0.15, -0.1) is 0 Å². The van der Waals surface area contributed by atoms with E-state index in [1.54, 1.807) is 12.1 Å². The lowest BCUT2D eigenvalue weighted by atomic mass is 10.2. The standard InChI is InChI=1S/C15H14BrNO3/c16-13-3-1-2-4-14(13)17-9-10-20-12-7-5-11(6-8-12)15(18)19/h1-8,17H,9-10H2,(H,18,19). The topological polar surface area (TPSA) is 58.6 Å². The molecule has 5 heteroatoms. The van der Waals surface area contributed by atoms with Crippen LogP contribution < -0.4 is 10.1 Å². The zero-order valence-electron chi connectivity index (χ0n) is 10.7. The number of carboxylic acids is 1. The fourth-order valence-corrected chi connectivity index (χ4v) is 2.08. The normalized spacial score (nSPS) is 10.1. The molecule has 20 heavy (non-hydrogen) atoms. The number of nitrogens with one attached hydrogen (secondary N) is 1. The molecule has 2 rings (SSSR count). The molecule has 0 atom stereocenters. The molecule has 0 spiro atoms. The van der Waals surface area contributed by atoms with E-state index in [1.807, 2.05) is 24.3 Å². The van der Waals surface area contributed by atoms with Gasteiger partial charge in [-0.3, -0.25) is 0 Å². The highest BCUT2D eigenvalue weighted by atomic mass is 79.9. The molecule has 0 saturated carbocycles. The van der Waals surface area contributed by atoms with Gasteiger partial charge in [-0.05, 0) is 52.3 Å². The van der Waals surface area contributed by atoms with E-state index >= 15 is 0 Å². The molecular weight excluding hydrogens is 322 g/mol. The van der Waals surface area contributed by atoms with Crippen molar-refractivity contribution in [2.24, 2.45) is 0 Å². The number of benzene rings is 2. The third-order valence-corrected chi connectivity index (χ3v) is 3.35. The van der Waals surface area contributed by atoms with Gasteiger partial charge < -0.3 is 15.2 Å². The lowest BCUT2D eigenvalue weighted by molar-refractivity contribution is 0.0697. The number of carboxylic acid groups (broad SMARTS) is 1. The Morgan fingerprint density at radius 2 is 1.85 bits per heavy atom. The van der Waals surface area contributed by atoms with E-state index in [1.165, 1.54) is 12.1 Å². The fraction of sp³-hybridized carbons (Fsp3) is 0.133. The van der Waals surface area contributed by atoms with Crippen molar-refractivity contribution in [1.82, 2.24) is 0 Å². The van der Waals surface area contributed by atoms with Crippen molar-refractivity contribution in [3.63, 3.8) is 0 Å². The Morgan fingerprint density at radius 1 is 1.15 bits per heavy atom. The lowest BCUT2D eigenvalue weighted by Crippen LogP contribution is -2.11. The Morgan fingerprint density at radius 3 is 2.50 bits per heavy atom. The molecule has 2 aromatic rings. The van der Waals surface area contributed by atoms with E-state index in [0.717, 1.165) is 10.2 Å². The molecule has 0 saturated heterocycles. The predicted octanol–water partition coefficient (Wildman–Crippen LogP) is 3.64. The van der Waals surface area contributed by atoms with E-state index in [4.69, 9.17) is 9.84 Å². The number of carbonyl (C=O) groups is 1. The largest absolute Gasteiger partial charge is 0.492 e. The molecule has 0 aliphatic carbocycles. The van der Waals surface area contributed by atoms with Crippen molar-refractivity contribution in [3.8, 4) is 5.75 Å². The number of rotatable bonds is 6. The second-order valence-electron chi connectivity index (χ2n) is 4.08. The number of anilines is 1. The summed E-state index contributed by atoms with van der Waals surface area (Å²) in [6.07, 6.45) is 0. The SMILES string of the molecule is O=C(O)c1ccc(OCCNc2ccccc2Br)cc1. The molecule has 0 radical (unpaired) electrons. The van der Waals surface area contributed by atoms with Gasteiger partial charge in [0.15, 0.2) is 0 Å². The van der Waals surface area contributed by atoms with Gasteiger partial charge >= 0.3 is 5.97 Å². The quantitative estimate of drug-likeness (QED) is 0.791. The van der Waals surface area contributed by atoms with Crippen LogP contribution in [-0.2, 0) is 0 Å². The van der Waals surface area contributed by atoms with Crippen LogP contribution in [0.25, 0.3) is 0 Å². The Labute approximate surface area is 125 Å². The van der Waals surface area contributed by atoms with E-state index in [-0.39, 0.29) is 5.56 Å². The average molecular weight is 336 g/mol. The van der Waals surface area contributed by atoms with Crippen LogP contribution in [0.3, 0.4) is 0 Å². The van der Waals surface area contributed by atoms with Crippen molar-refractivity contribution in [3.05, 3.63) is 58.6 Å². The molecule has 0 aliphatic rings. The van der Waals surface area contributed by atoms with Crippen LogP contribution >= 0.6 is 15.9 Å². The molecule has 2 aromatic carbocycles. The van der Waals surface area contributed by atoms with Crippen LogP contribution in [0.2, 0.25) is 0 Å². The van der Waals surface area contributed by atoms with Crippen LogP contribution in [-0.4, -0.2) is 24.2 Å². The molecule has 104 valence electrons. The van der Waals surface area contributed by atoms with Gasteiger partial charge in [0.1, 0.15) is 12.4 Å². The highest BCUT2D eigenvalue weighted by Gasteiger charge is 2.02. The molecule has 0 aromatic heterocycles. The Bertz CT molecular complexity index is 584. The van der Waals surface area contributed by atoms with Crippen LogP contribution in [0, 0.1) is 0 Å². The maximum atomic E-state index is 10.7. The summed E-state index contributed by atoms with van der Waals surface area (Å²) in [5.41, 5.74) is 1.26. The first kappa shape index (κ1) is 14.4. The third-order valence-electron chi connectivity index (χ3n) is 2.66. The second kappa shape index (κ2) is 6.96. The van der Waals surface area contributed by atoms with Crippen LogP contribution in [0.15, 0.2) is 53.0 Å². The van der Waals surface area contributed by atoms with Crippen molar-refractivity contribution in [1.29, 1.82) is 0 Å². The van der Waals surface area contributed by atoms with Crippen molar-refractivity contribution in [2.75, 3.05) is 18.5 Å². The first-order chi connectivity index (χ1) is 9.66. The van der Waals surface area contributed by atoms with Gasteiger partial charge in [0, 0.05) is 16.7 Å². The first-order valence-electron chi connectivity index (χ1n) is 6.11. The molecular formula is C15H14BrNO3. The summed E-state index contributed by atoms with van der Waals surface area (Å²) in [7, 11) is 0. The summed E-state index contributed by atoms with van der Waals surface area (Å²) in [5.74, 6) is -0.281. The summed E-state index contributed by atoms with van der Waals surface area (Å²) in [6.45, 7) is 1.15. The summed E-state index contributed by atoms with van der Waals surface area (Å²) in [6, 6.07) is 14.2. The maximum absolute atomic E-state index is 10.7. The van der Waals surface area contributed by atoms with Gasteiger partial charge in [-0.25, -0.2) is 4.79 Å². The predicted molar refractivity (Wildman–Crippen MR) is 81.5 cm³/mol. The Hall–Kier alpha value is -2.01. The molecule has 4 nitrogen and oxygen atoms in total.